The van der Waals surface area contributed by atoms with Crippen LogP contribution < -0.4 is 0 Å². The number of hydrogen-bond acceptors (Lipinski definition) is 3. The van der Waals surface area contributed by atoms with Gasteiger partial charge in [0, 0.05) is 32.6 Å². The molecule has 4 nitrogen and oxygen atoms in total. The van der Waals surface area contributed by atoms with E-state index < -0.39 is 0 Å². The van der Waals surface area contributed by atoms with Gasteiger partial charge in [-0.05, 0) is 26.3 Å². The lowest BCUT2D eigenvalue weighted by molar-refractivity contribution is -0.132. The molecule has 0 spiro atoms. The third kappa shape index (κ3) is 3.47. The topological polar surface area (TPSA) is 43.8 Å². The van der Waals surface area contributed by atoms with E-state index in [9.17, 15) is 4.79 Å². The van der Waals surface area contributed by atoms with Gasteiger partial charge in [-0.25, -0.2) is 0 Å². The molecule has 1 aliphatic rings. The van der Waals surface area contributed by atoms with Crippen molar-refractivity contribution < 1.29 is 9.90 Å². The van der Waals surface area contributed by atoms with Crippen molar-refractivity contribution >= 4 is 5.91 Å². The summed E-state index contributed by atoms with van der Waals surface area (Å²) in [5, 5.41) is 8.89. The van der Waals surface area contributed by atoms with E-state index >= 15 is 0 Å². The van der Waals surface area contributed by atoms with Crippen LogP contribution in [0.2, 0.25) is 0 Å². The van der Waals surface area contributed by atoms with Crippen LogP contribution in [0.1, 0.15) is 26.7 Å². The Bertz CT molecular complexity index is 207. The Morgan fingerprint density at radius 1 is 1.60 bits per heavy atom. The Labute approximate surface area is 91.9 Å². The summed E-state index contributed by atoms with van der Waals surface area (Å²) in [7, 11) is 0. The van der Waals surface area contributed by atoms with Crippen LogP contribution >= 0.6 is 0 Å². The molecule has 1 N–H and O–H groups in total. The number of nitrogens with zero attached hydrogens (tertiary/aromatic N) is 2. The summed E-state index contributed by atoms with van der Waals surface area (Å²) in [6.45, 7) is 7.33. The summed E-state index contributed by atoms with van der Waals surface area (Å²) in [4.78, 5) is 15.6. The van der Waals surface area contributed by atoms with E-state index in [1.807, 2.05) is 11.8 Å². The molecular weight excluding hydrogens is 192 g/mol. The molecule has 1 rings (SSSR count). The minimum absolute atomic E-state index is 0.161. The van der Waals surface area contributed by atoms with Crippen molar-refractivity contribution in [3.05, 3.63) is 0 Å². The fraction of sp³-hybridized carbons (Fsp3) is 0.909. The number of amides is 1. The summed E-state index contributed by atoms with van der Waals surface area (Å²) >= 11 is 0. The number of hydrogen-bond donors (Lipinski definition) is 1. The molecule has 88 valence electrons. The number of aliphatic hydroxyl groups excluding tert-OH is 1. The highest BCUT2D eigenvalue weighted by Gasteiger charge is 2.25. The highest BCUT2D eigenvalue weighted by molar-refractivity contribution is 5.73. The van der Waals surface area contributed by atoms with Crippen LogP contribution in [-0.4, -0.2) is 59.6 Å². The molecule has 1 aliphatic heterocycles. The molecule has 1 atom stereocenters. The Morgan fingerprint density at radius 2 is 2.33 bits per heavy atom. The summed E-state index contributed by atoms with van der Waals surface area (Å²) in [6.07, 6.45) is 2.21. The van der Waals surface area contributed by atoms with Crippen LogP contribution in [0.5, 0.6) is 0 Å². The normalized spacial score (nSPS) is 22.7. The molecule has 1 amide bonds. The molecule has 0 aromatic carbocycles. The first kappa shape index (κ1) is 12.5. The predicted octanol–water partition coefficient (Wildman–Crippen LogP) is 0.311. The van der Waals surface area contributed by atoms with Crippen LogP contribution in [0.3, 0.4) is 0 Å². The number of piperidine rings is 1. The number of likely N-dealkylation sites (N-methyl/N-ethyl adjacent to an activating group) is 1. The highest BCUT2D eigenvalue weighted by atomic mass is 16.3. The number of carbonyl (C=O) groups excluding carboxylic acids is 1. The minimum atomic E-state index is 0.161. The number of likely N-dealkylation sites (tertiary alicyclic amines) is 1. The number of rotatable bonds is 4. The molecule has 0 aromatic rings. The predicted molar refractivity (Wildman–Crippen MR) is 59.6 cm³/mol. The molecule has 15 heavy (non-hydrogen) atoms. The average Bonchev–Trinajstić information content (AvgIpc) is 2.19. The lowest BCUT2D eigenvalue weighted by Crippen LogP contribution is -2.50. The molecular formula is C11H22N2O2. The van der Waals surface area contributed by atoms with Gasteiger partial charge in [0.1, 0.15) is 0 Å². The monoisotopic (exact) mass is 214 g/mol. The van der Waals surface area contributed by atoms with Crippen LogP contribution in [0.4, 0.5) is 0 Å². The SMILES string of the molecule is CCN(C(C)=O)C1CCCN(CCO)C1. The smallest absolute Gasteiger partial charge is 0.219 e. The van der Waals surface area contributed by atoms with E-state index in [0.717, 1.165) is 39.0 Å². The quantitative estimate of drug-likeness (QED) is 0.732. The second-order valence-electron chi connectivity index (χ2n) is 4.13. The second kappa shape index (κ2) is 6.08. The van der Waals surface area contributed by atoms with Gasteiger partial charge in [0.05, 0.1) is 6.61 Å². The molecule has 0 aromatic heterocycles. The van der Waals surface area contributed by atoms with Gasteiger partial charge in [0.25, 0.3) is 0 Å². The molecule has 4 heteroatoms. The van der Waals surface area contributed by atoms with Crippen LogP contribution in [0.15, 0.2) is 0 Å². The third-order valence-corrected chi connectivity index (χ3v) is 3.08. The van der Waals surface area contributed by atoms with E-state index in [1.165, 1.54) is 0 Å². The average molecular weight is 214 g/mol. The first-order valence-electron chi connectivity index (χ1n) is 5.79. The maximum Gasteiger partial charge on any atom is 0.219 e. The largest absolute Gasteiger partial charge is 0.395 e. The number of β-amino-alcohol motifs (C(OH)–C–C–N with tert-alkyl or cyclic N) is 1. The van der Waals surface area contributed by atoms with Crippen LogP contribution in [-0.2, 0) is 4.79 Å². The maximum atomic E-state index is 11.4. The number of carbonyl (C=O) groups is 1. The van der Waals surface area contributed by atoms with Gasteiger partial charge < -0.3 is 10.0 Å². The first-order chi connectivity index (χ1) is 7.19. The zero-order chi connectivity index (χ0) is 11.3. The minimum Gasteiger partial charge on any atom is -0.395 e. The molecule has 1 heterocycles. The highest BCUT2D eigenvalue weighted by Crippen LogP contribution is 2.15. The van der Waals surface area contributed by atoms with Crippen molar-refractivity contribution in [3.63, 3.8) is 0 Å². The van der Waals surface area contributed by atoms with E-state index in [-0.39, 0.29) is 12.5 Å². The van der Waals surface area contributed by atoms with Crippen LogP contribution in [0, 0.1) is 0 Å². The lowest BCUT2D eigenvalue weighted by Gasteiger charge is -2.38. The van der Waals surface area contributed by atoms with Gasteiger partial charge in [-0.3, -0.25) is 9.69 Å². The van der Waals surface area contributed by atoms with Gasteiger partial charge >= 0.3 is 0 Å². The second-order valence-corrected chi connectivity index (χ2v) is 4.13. The molecule has 0 bridgehead atoms. The van der Waals surface area contributed by atoms with Crippen molar-refractivity contribution in [1.29, 1.82) is 0 Å². The van der Waals surface area contributed by atoms with Crippen molar-refractivity contribution in [2.75, 3.05) is 32.8 Å². The Hall–Kier alpha value is -0.610. The molecule has 0 saturated carbocycles. The van der Waals surface area contributed by atoms with Crippen molar-refractivity contribution in [1.82, 2.24) is 9.80 Å². The van der Waals surface area contributed by atoms with E-state index in [0.29, 0.717) is 6.04 Å². The fourth-order valence-corrected chi connectivity index (χ4v) is 2.37. The molecule has 0 aliphatic carbocycles. The molecule has 0 radical (unpaired) electrons. The van der Waals surface area contributed by atoms with Gasteiger partial charge in [0.2, 0.25) is 5.91 Å². The Kier molecular flexibility index (Phi) is 5.05. The Morgan fingerprint density at radius 3 is 2.87 bits per heavy atom. The molecule has 1 unspecified atom stereocenters. The summed E-state index contributed by atoms with van der Waals surface area (Å²) in [5.41, 5.74) is 0. The number of aliphatic hydroxyl groups is 1. The van der Waals surface area contributed by atoms with E-state index in [2.05, 4.69) is 4.90 Å². The molecule has 1 saturated heterocycles. The van der Waals surface area contributed by atoms with Crippen LogP contribution in [0.25, 0.3) is 0 Å². The van der Waals surface area contributed by atoms with Gasteiger partial charge in [-0.1, -0.05) is 0 Å². The zero-order valence-electron chi connectivity index (χ0n) is 9.78. The molecule has 1 fully saturated rings. The van der Waals surface area contributed by atoms with E-state index in [1.54, 1.807) is 6.92 Å². The van der Waals surface area contributed by atoms with Gasteiger partial charge in [0.15, 0.2) is 0 Å². The van der Waals surface area contributed by atoms with Crippen molar-refractivity contribution in [2.45, 2.75) is 32.7 Å². The Balaban J connectivity index is 2.50. The van der Waals surface area contributed by atoms with Crippen molar-refractivity contribution in [2.24, 2.45) is 0 Å². The van der Waals surface area contributed by atoms with Gasteiger partial charge in [-0.2, -0.15) is 0 Å². The van der Waals surface area contributed by atoms with Crippen molar-refractivity contribution in [3.8, 4) is 0 Å². The third-order valence-electron chi connectivity index (χ3n) is 3.08. The maximum absolute atomic E-state index is 11.4. The summed E-state index contributed by atoms with van der Waals surface area (Å²) in [6, 6.07) is 0.341. The zero-order valence-corrected chi connectivity index (χ0v) is 9.78. The summed E-state index contributed by atoms with van der Waals surface area (Å²) < 4.78 is 0. The summed E-state index contributed by atoms with van der Waals surface area (Å²) in [5.74, 6) is 0.161. The first-order valence-corrected chi connectivity index (χ1v) is 5.79. The lowest BCUT2D eigenvalue weighted by atomic mass is 10.0. The fourth-order valence-electron chi connectivity index (χ4n) is 2.37. The van der Waals surface area contributed by atoms with Gasteiger partial charge in [-0.15, -0.1) is 0 Å². The standard InChI is InChI=1S/C11H22N2O2/c1-3-13(10(2)15)11-5-4-6-12(9-11)7-8-14/h11,14H,3-9H2,1-2H3. The van der Waals surface area contributed by atoms with E-state index in [4.69, 9.17) is 5.11 Å².